The Hall–Kier alpha value is -17.6. The van der Waals surface area contributed by atoms with Gasteiger partial charge in [-0.25, -0.2) is 29.9 Å². The third-order valence-corrected chi connectivity index (χ3v) is 32.4. The zero-order valence-corrected chi connectivity index (χ0v) is 83.8. The Kier molecular flexibility index (Phi) is 24.5. The molecule has 0 bridgehead atoms. The van der Waals surface area contributed by atoms with Crippen LogP contribution in [0.3, 0.4) is 0 Å². The first kappa shape index (κ1) is 90.4. The molecular weight excluding hydrogens is 1900 g/mol. The predicted molar refractivity (Wildman–Crippen MR) is 614 cm³/mol. The molecule has 28 rings (SSSR count). The van der Waals surface area contributed by atoms with Crippen LogP contribution in [0.1, 0.15) is 0 Å². The Morgan fingerprint density at radius 1 is 0.115 bits per heavy atom. The van der Waals surface area contributed by atoms with E-state index in [0.717, 1.165) is 170 Å². The summed E-state index contributed by atoms with van der Waals surface area (Å²) in [5.41, 5.74) is 33.7. The number of rotatable bonds is 15. The van der Waals surface area contributed by atoms with Gasteiger partial charge in [0.2, 0.25) is 0 Å². The number of anilines is 15. The van der Waals surface area contributed by atoms with Crippen molar-refractivity contribution in [3.63, 3.8) is 0 Å². The first-order valence-electron chi connectivity index (χ1n) is 49.2. The van der Waals surface area contributed by atoms with Crippen LogP contribution in [0.15, 0.2) is 577 Å². The van der Waals surface area contributed by atoms with Crippen LogP contribution in [0.25, 0.3) is 113 Å². The van der Waals surface area contributed by atoms with Gasteiger partial charge in [-0.15, -0.1) is 0 Å². The van der Waals surface area contributed by atoms with Gasteiger partial charge in [-0.3, -0.25) is 0 Å². The molecule has 700 valence electrons. The number of para-hydroxylation sites is 10. The van der Waals surface area contributed by atoms with E-state index < -0.39 is 0 Å². The van der Waals surface area contributed by atoms with Crippen molar-refractivity contribution < 1.29 is 0 Å². The summed E-state index contributed by atoms with van der Waals surface area (Å²) >= 11 is 9.10. The number of hydrogen-bond donors (Lipinski definition) is 0. The summed E-state index contributed by atoms with van der Waals surface area (Å²) in [6.07, 6.45) is 0. The molecule has 8 heterocycles. The Morgan fingerprint density at radius 2 is 0.270 bits per heavy atom. The molecule has 0 atom stereocenters. The van der Waals surface area contributed by atoms with Gasteiger partial charge < -0.3 is 24.5 Å². The van der Waals surface area contributed by atoms with E-state index in [-0.39, 0.29) is 0 Å². The van der Waals surface area contributed by atoms with E-state index in [4.69, 9.17) is 29.9 Å². The van der Waals surface area contributed by atoms with E-state index in [1.807, 2.05) is 132 Å². The second-order valence-corrected chi connectivity index (χ2v) is 41.5. The van der Waals surface area contributed by atoms with E-state index in [1.165, 1.54) is 65.9 Å². The fourth-order valence-electron chi connectivity index (χ4n) is 19.8. The van der Waals surface area contributed by atoms with E-state index in [1.54, 1.807) is 0 Å². The summed E-state index contributed by atoms with van der Waals surface area (Å²) in [5.74, 6) is 2.10. The monoisotopic (exact) mass is 1990 g/mol. The topological polar surface area (TPSA) is 93.5 Å². The third kappa shape index (κ3) is 18.0. The highest BCUT2D eigenvalue weighted by molar-refractivity contribution is 8.00. The van der Waals surface area contributed by atoms with Crippen molar-refractivity contribution in [1.82, 2.24) is 29.9 Å². The summed E-state index contributed by atoms with van der Waals surface area (Å²) in [6.45, 7) is 0. The zero-order chi connectivity index (χ0) is 98.2. The molecule has 0 radical (unpaired) electrons. The maximum absolute atomic E-state index is 5.40. The highest BCUT2D eigenvalue weighted by Crippen LogP contribution is 2.60. The van der Waals surface area contributed by atoms with Gasteiger partial charge in [0.1, 0.15) is 0 Å². The smallest absolute Gasteiger partial charge is 0.160 e. The van der Waals surface area contributed by atoms with Crippen molar-refractivity contribution in [3.05, 3.63) is 528 Å². The molecular formula is C132H87N11S5. The lowest BCUT2D eigenvalue weighted by molar-refractivity contribution is 1.14. The minimum absolute atomic E-state index is 0.679. The highest BCUT2D eigenvalue weighted by Gasteiger charge is 2.34. The zero-order valence-electron chi connectivity index (χ0n) is 79.7. The molecule has 0 spiro atoms. The molecule has 148 heavy (non-hydrogen) atoms. The van der Waals surface area contributed by atoms with Crippen molar-refractivity contribution in [2.24, 2.45) is 0 Å². The van der Waals surface area contributed by atoms with E-state index >= 15 is 0 Å². The normalized spacial score (nSPS) is 12.5. The van der Waals surface area contributed by atoms with E-state index in [0.29, 0.717) is 11.6 Å². The number of nitrogens with zero attached hydrogens (tertiary/aromatic N) is 11. The molecule has 3 aromatic heterocycles. The lowest BCUT2D eigenvalue weighted by Crippen LogP contribution is -2.18. The quantitative estimate of drug-likeness (QED) is 0.0974. The van der Waals surface area contributed by atoms with Crippen LogP contribution in [-0.2, 0) is 0 Å². The van der Waals surface area contributed by atoms with Crippen molar-refractivity contribution in [2.45, 2.75) is 49.0 Å². The Morgan fingerprint density at radius 3 is 0.500 bits per heavy atom. The standard InChI is InChI=1S/C52H34N4S2.C46H30N4S2.C34H23N3S/c1-3-15-35(16-4-1)36-27-29-38(30-28-36)52-53-42(37-17-5-2-6-18-37)34-43(54-52)39-31-40(55-44-19-7-11-23-48(44)57-49-24-12-8-20-45(49)55)33-41(32-39)56-46-21-9-13-25-50(46)58-51-26-14-10-22-47(51)56;1-3-15-31(16-4-1)36-30-37(48-46(47-36)32-17-5-2-6-18-32)33-27-34(49-38-19-7-11-23-42(38)51-43-24-12-8-20-39(43)49)29-35(28-33)50-40-21-9-13-25-44(40)52-45-26-14-10-22-41(45)50;1-3-11-24(12-4-1)28-23-29(36-34(35-28)26-13-5-2-6-14-26)25-19-21-27(22-20-25)37-30-15-7-9-17-32(30)38-33-18-10-8-16-31(33)37/h1-34H;1-30H;1-23H. The van der Waals surface area contributed by atoms with Crippen molar-refractivity contribution in [3.8, 4) is 113 Å². The first-order chi connectivity index (χ1) is 73.3. The molecule has 5 aliphatic heterocycles. The molecule has 11 nitrogen and oxygen atoms in total. The highest BCUT2D eigenvalue weighted by atomic mass is 32.2. The molecule has 0 saturated carbocycles. The average Bonchev–Trinajstić information content (AvgIpc) is 0.739. The predicted octanol–water partition coefficient (Wildman–Crippen LogP) is 37.8. The fourth-order valence-corrected chi connectivity index (χ4v) is 25.0. The Balaban J connectivity index is 0.000000115. The van der Waals surface area contributed by atoms with E-state index in [2.05, 4.69) is 479 Å². The van der Waals surface area contributed by atoms with Gasteiger partial charge in [0.15, 0.2) is 17.5 Å². The summed E-state index contributed by atoms with van der Waals surface area (Å²) < 4.78 is 0. The van der Waals surface area contributed by atoms with Gasteiger partial charge in [0, 0.05) is 127 Å². The summed E-state index contributed by atoms with van der Waals surface area (Å²) in [5, 5.41) is 0. The number of benzene rings is 20. The second-order valence-electron chi connectivity index (χ2n) is 36.0. The van der Waals surface area contributed by atoms with Gasteiger partial charge in [-0.05, 0) is 199 Å². The molecule has 5 aliphatic rings. The summed E-state index contributed by atoms with van der Waals surface area (Å²) in [7, 11) is 0. The SMILES string of the molecule is c1ccc(-c2cc(-c3cc(N4c5ccccc5Sc5ccccc54)cc(N4c5ccccc5Sc5ccccc54)c3)nc(-c3ccccc3)n2)cc1.c1ccc(-c2cc(-c3ccc(N4c5ccccc5Sc5ccccc54)cc3)nc(-c3ccccc3)n2)cc1.c1ccc(-c2ccc(-c3nc(-c4ccccc4)cc(-c4cc(N5c6ccccc6Sc6ccccc65)cc(N5c6ccccc6Sc6ccccc65)c4)n3)cc2)cc1. The molecule has 16 heteroatoms. The molecule has 23 aromatic rings. The van der Waals surface area contributed by atoms with Crippen LogP contribution >= 0.6 is 58.8 Å². The molecule has 0 fully saturated rings. The molecule has 0 N–H and O–H groups in total. The van der Waals surface area contributed by atoms with Crippen LogP contribution in [0.4, 0.5) is 85.3 Å². The maximum Gasteiger partial charge on any atom is 0.160 e. The maximum atomic E-state index is 5.40. The van der Waals surface area contributed by atoms with Gasteiger partial charge in [-0.1, -0.05) is 399 Å². The van der Waals surface area contributed by atoms with Crippen LogP contribution in [0.2, 0.25) is 0 Å². The largest absolute Gasteiger partial charge is 0.308 e. The lowest BCUT2D eigenvalue weighted by atomic mass is 10.0. The van der Waals surface area contributed by atoms with Gasteiger partial charge in [0.05, 0.1) is 91.0 Å². The molecule has 20 aromatic carbocycles. The Labute approximate surface area is 880 Å². The number of hydrogen-bond acceptors (Lipinski definition) is 16. The second kappa shape index (κ2) is 40.2. The number of aromatic nitrogens is 6. The first-order valence-corrected chi connectivity index (χ1v) is 53.2. The molecule has 0 aliphatic carbocycles. The van der Waals surface area contributed by atoms with Gasteiger partial charge >= 0.3 is 0 Å². The fraction of sp³-hybridized carbons (Fsp3) is 0. The molecule has 0 saturated heterocycles. The lowest BCUT2D eigenvalue weighted by Gasteiger charge is -2.36. The van der Waals surface area contributed by atoms with Crippen LogP contribution in [-0.4, -0.2) is 29.9 Å². The molecule has 0 unspecified atom stereocenters. The minimum Gasteiger partial charge on any atom is -0.308 e. The van der Waals surface area contributed by atoms with Crippen molar-refractivity contribution >= 4 is 144 Å². The van der Waals surface area contributed by atoms with Crippen LogP contribution in [0, 0.1) is 0 Å². The number of fused-ring (bicyclic) bond motifs is 10. The van der Waals surface area contributed by atoms with E-state index in [9.17, 15) is 0 Å². The van der Waals surface area contributed by atoms with Crippen LogP contribution in [0.5, 0.6) is 0 Å². The Bertz CT molecular complexity index is 8350. The minimum atomic E-state index is 0.679. The third-order valence-electron chi connectivity index (χ3n) is 26.7. The van der Waals surface area contributed by atoms with Crippen molar-refractivity contribution in [2.75, 3.05) is 24.5 Å². The average molecular weight is 1990 g/mol. The van der Waals surface area contributed by atoms with Gasteiger partial charge in [0.25, 0.3) is 0 Å². The van der Waals surface area contributed by atoms with Crippen molar-refractivity contribution in [1.29, 1.82) is 0 Å². The summed E-state index contributed by atoms with van der Waals surface area (Å²) in [6, 6.07) is 186. The van der Waals surface area contributed by atoms with Gasteiger partial charge in [-0.2, -0.15) is 0 Å². The molecule has 0 amide bonds. The summed E-state index contributed by atoms with van der Waals surface area (Å²) in [4.78, 5) is 55.1. The van der Waals surface area contributed by atoms with Crippen LogP contribution < -0.4 is 24.5 Å².